The van der Waals surface area contributed by atoms with Crippen LogP contribution in [0.4, 0.5) is 0 Å². The van der Waals surface area contributed by atoms with Gasteiger partial charge in [-0.3, -0.25) is 9.59 Å². The molecule has 0 radical (unpaired) electrons. The molecular formula is C18H36O4. The Balaban J connectivity index is 0. The molecule has 0 aromatic carbocycles. The first kappa shape index (κ1) is 23.2. The van der Waals surface area contributed by atoms with E-state index >= 15 is 0 Å². The van der Waals surface area contributed by atoms with E-state index in [0.29, 0.717) is 13.0 Å². The van der Waals surface area contributed by atoms with E-state index < -0.39 is 5.97 Å². The number of hydrogen-bond acceptors (Lipinski definition) is 3. The summed E-state index contributed by atoms with van der Waals surface area (Å²) in [6.45, 7) is 8.71. The number of rotatable bonds is 12. The zero-order valence-electron chi connectivity index (χ0n) is 15.0. The zero-order valence-corrected chi connectivity index (χ0v) is 15.0. The van der Waals surface area contributed by atoms with Crippen molar-refractivity contribution in [2.24, 2.45) is 5.92 Å². The minimum absolute atomic E-state index is 0.0435. The standard InChI is InChI=1S/C11H22O2.C7H14O2/c1-3-5-6-7-8-10-13-11(12)9-4-2;1-3-5-6(4-2)7(8)9/h3-10H2,1-2H3;6H,3-5H2,1-2H3,(H,8,9). The summed E-state index contributed by atoms with van der Waals surface area (Å²) in [6.07, 6.45) is 10.0. The second kappa shape index (κ2) is 18.0. The second-order valence-corrected chi connectivity index (χ2v) is 5.62. The predicted molar refractivity (Wildman–Crippen MR) is 91.0 cm³/mol. The maximum absolute atomic E-state index is 10.9. The van der Waals surface area contributed by atoms with Crippen LogP contribution in [0.25, 0.3) is 0 Å². The van der Waals surface area contributed by atoms with E-state index in [1.807, 2.05) is 20.8 Å². The highest BCUT2D eigenvalue weighted by Gasteiger charge is 2.12. The first-order valence-electron chi connectivity index (χ1n) is 8.91. The third-order valence-corrected chi connectivity index (χ3v) is 3.44. The predicted octanol–water partition coefficient (Wildman–Crippen LogP) is 5.20. The Morgan fingerprint density at radius 2 is 1.55 bits per heavy atom. The molecule has 0 spiro atoms. The van der Waals surface area contributed by atoms with Crippen LogP contribution in [-0.2, 0) is 14.3 Å². The third-order valence-electron chi connectivity index (χ3n) is 3.44. The molecule has 1 unspecified atom stereocenters. The molecule has 0 saturated heterocycles. The number of aliphatic carboxylic acids is 1. The fourth-order valence-corrected chi connectivity index (χ4v) is 2.02. The number of hydrogen-bond donors (Lipinski definition) is 1. The minimum Gasteiger partial charge on any atom is -0.481 e. The highest BCUT2D eigenvalue weighted by atomic mass is 16.5. The summed E-state index contributed by atoms with van der Waals surface area (Å²) in [5.74, 6) is -0.813. The maximum Gasteiger partial charge on any atom is 0.306 e. The van der Waals surface area contributed by atoms with E-state index in [1.54, 1.807) is 0 Å². The van der Waals surface area contributed by atoms with Crippen molar-refractivity contribution in [3.05, 3.63) is 0 Å². The largest absolute Gasteiger partial charge is 0.481 e. The molecule has 0 amide bonds. The highest BCUT2D eigenvalue weighted by Crippen LogP contribution is 2.09. The summed E-state index contributed by atoms with van der Waals surface area (Å²) in [7, 11) is 0. The van der Waals surface area contributed by atoms with Crippen molar-refractivity contribution < 1.29 is 19.4 Å². The van der Waals surface area contributed by atoms with Gasteiger partial charge in [0, 0.05) is 6.42 Å². The number of carboxylic acids is 1. The van der Waals surface area contributed by atoms with Crippen LogP contribution in [-0.4, -0.2) is 23.7 Å². The first-order chi connectivity index (χ1) is 10.5. The molecule has 4 heteroatoms. The zero-order chi connectivity index (χ0) is 17.2. The topological polar surface area (TPSA) is 63.6 Å². The molecular weight excluding hydrogens is 280 g/mol. The molecule has 0 rings (SSSR count). The second-order valence-electron chi connectivity index (χ2n) is 5.62. The Morgan fingerprint density at radius 3 is 1.95 bits per heavy atom. The van der Waals surface area contributed by atoms with Crippen LogP contribution >= 0.6 is 0 Å². The SMILES string of the molecule is CCCC(CC)C(=O)O.CCCCCCCOC(=O)CCC. The molecule has 0 aliphatic rings. The van der Waals surface area contributed by atoms with Gasteiger partial charge in [-0.05, 0) is 25.7 Å². The van der Waals surface area contributed by atoms with Crippen molar-refractivity contribution >= 4 is 11.9 Å². The summed E-state index contributed by atoms with van der Waals surface area (Å²) in [4.78, 5) is 21.2. The van der Waals surface area contributed by atoms with Gasteiger partial charge in [0.2, 0.25) is 0 Å². The number of carbonyl (C=O) groups is 2. The Kier molecular flexibility index (Phi) is 19.0. The monoisotopic (exact) mass is 316 g/mol. The molecule has 0 saturated carbocycles. The van der Waals surface area contributed by atoms with E-state index in [4.69, 9.17) is 9.84 Å². The fourth-order valence-electron chi connectivity index (χ4n) is 2.02. The molecule has 132 valence electrons. The van der Waals surface area contributed by atoms with Gasteiger partial charge >= 0.3 is 11.9 Å². The molecule has 4 nitrogen and oxygen atoms in total. The highest BCUT2D eigenvalue weighted by molar-refractivity contribution is 5.69. The molecule has 1 N–H and O–H groups in total. The smallest absolute Gasteiger partial charge is 0.306 e. The van der Waals surface area contributed by atoms with Gasteiger partial charge in [0.25, 0.3) is 0 Å². The fraction of sp³-hybridized carbons (Fsp3) is 0.889. The van der Waals surface area contributed by atoms with Gasteiger partial charge in [-0.25, -0.2) is 0 Å². The summed E-state index contributed by atoms with van der Waals surface area (Å²) >= 11 is 0. The maximum atomic E-state index is 10.9. The molecule has 0 aromatic heterocycles. The van der Waals surface area contributed by atoms with E-state index in [1.165, 1.54) is 25.7 Å². The lowest BCUT2D eigenvalue weighted by Gasteiger charge is -2.05. The molecule has 1 atom stereocenters. The summed E-state index contributed by atoms with van der Waals surface area (Å²) in [5.41, 5.74) is 0. The van der Waals surface area contributed by atoms with Gasteiger partial charge in [0.05, 0.1) is 12.5 Å². The van der Waals surface area contributed by atoms with Crippen LogP contribution in [0.1, 0.15) is 91.9 Å². The van der Waals surface area contributed by atoms with Crippen molar-refractivity contribution in [1.82, 2.24) is 0 Å². The number of carbonyl (C=O) groups excluding carboxylic acids is 1. The van der Waals surface area contributed by atoms with Crippen LogP contribution in [0.3, 0.4) is 0 Å². The Hall–Kier alpha value is -1.06. The van der Waals surface area contributed by atoms with E-state index in [9.17, 15) is 9.59 Å². The van der Waals surface area contributed by atoms with Crippen molar-refractivity contribution in [3.8, 4) is 0 Å². The van der Waals surface area contributed by atoms with E-state index in [2.05, 4.69) is 6.92 Å². The van der Waals surface area contributed by atoms with Crippen molar-refractivity contribution in [2.45, 2.75) is 91.9 Å². The van der Waals surface area contributed by atoms with Gasteiger partial charge in [0.1, 0.15) is 0 Å². The summed E-state index contributed by atoms with van der Waals surface area (Å²) in [6, 6.07) is 0. The van der Waals surface area contributed by atoms with Crippen LogP contribution in [0.2, 0.25) is 0 Å². The van der Waals surface area contributed by atoms with Gasteiger partial charge in [0.15, 0.2) is 0 Å². The van der Waals surface area contributed by atoms with Crippen LogP contribution in [0.5, 0.6) is 0 Å². The van der Waals surface area contributed by atoms with Crippen molar-refractivity contribution in [3.63, 3.8) is 0 Å². The van der Waals surface area contributed by atoms with Gasteiger partial charge in [-0.15, -0.1) is 0 Å². The van der Waals surface area contributed by atoms with Crippen LogP contribution in [0, 0.1) is 5.92 Å². The molecule has 0 heterocycles. The van der Waals surface area contributed by atoms with Crippen molar-refractivity contribution in [2.75, 3.05) is 6.61 Å². The van der Waals surface area contributed by atoms with Gasteiger partial charge in [-0.2, -0.15) is 0 Å². The Labute approximate surface area is 136 Å². The molecule has 0 aromatic rings. The normalized spacial score (nSPS) is 11.3. The quantitative estimate of drug-likeness (QED) is 0.397. The summed E-state index contributed by atoms with van der Waals surface area (Å²) < 4.78 is 5.02. The lowest BCUT2D eigenvalue weighted by molar-refractivity contribution is -0.144. The molecule has 0 bridgehead atoms. The lowest BCUT2D eigenvalue weighted by atomic mass is 10.0. The van der Waals surface area contributed by atoms with Gasteiger partial charge in [-0.1, -0.05) is 59.8 Å². The van der Waals surface area contributed by atoms with Crippen LogP contribution < -0.4 is 0 Å². The van der Waals surface area contributed by atoms with E-state index in [-0.39, 0.29) is 11.9 Å². The molecule has 22 heavy (non-hydrogen) atoms. The first-order valence-corrected chi connectivity index (χ1v) is 8.91. The number of unbranched alkanes of at least 4 members (excludes halogenated alkanes) is 4. The molecule has 0 aliphatic heterocycles. The Morgan fingerprint density at radius 1 is 0.909 bits per heavy atom. The number of carboxylic acid groups (broad SMARTS) is 1. The number of ether oxygens (including phenoxy) is 1. The lowest BCUT2D eigenvalue weighted by Crippen LogP contribution is -2.11. The molecule has 0 fully saturated rings. The van der Waals surface area contributed by atoms with E-state index in [0.717, 1.165) is 32.1 Å². The Bertz CT molecular complexity index is 264. The van der Waals surface area contributed by atoms with Crippen LogP contribution in [0.15, 0.2) is 0 Å². The summed E-state index contributed by atoms with van der Waals surface area (Å²) in [5, 5.41) is 8.50. The number of esters is 1. The average Bonchev–Trinajstić information content (AvgIpc) is 2.49. The average molecular weight is 316 g/mol. The van der Waals surface area contributed by atoms with Gasteiger partial charge < -0.3 is 9.84 Å². The van der Waals surface area contributed by atoms with Crippen molar-refractivity contribution in [1.29, 1.82) is 0 Å². The third kappa shape index (κ3) is 17.0. The minimum atomic E-state index is -0.653. The molecule has 0 aliphatic carbocycles.